The zero-order valence-electron chi connectivity index (χ0n) is 8.95. The average molecular weight is 210 g/mol. The number of fused-ring (bicyclic) bond motifs is 2. The summed E-state index contributed by atoms with van der Waals surface area (Å²) in [6, 6.07) is 0.940. The summed E-state index contributed by atoms with van der Waals surface area (Å²) in [7, 11) is 0. The Morgan fingerprint density at radius 1 is 1.40 bits per heavy atom. The molecule has 4 nitrogen and oxygen atoms in total. The first kappa shape index (κ1) is 9.60. The molecule has 4 heteroatoms. The molecule has 1 N–H and O–H groups in total. The van der Waals surface area contributed by atoms with E-state index in [2.05, 4.69) is 10.2 Å². The first-order chi connectivity index (χ1) is 7.34. The molecule has 3 atom stereocenters. The molecule has 0 saturated carbocycles. The van der Waals surface area contributed by atoms with Crippen LogP contribution < -0.4 is 5.32 Å². The summed E-state index contributed by atoms with van der Waals surface area (Å²) in [5.41, 5.74) is 0. The van der Waals surface area contributed by atoms with E-state index in [9.17, 15) is 4.79 Å². The highest BCUT2D eigenvalue weighted by Crippen LogP contribution is 2.30. The zero-order valence-corrected chi connectivity index (χ0v) is 8.95. The third kappa shape index (κ3) is 1.66. The van der Waals surface area contributed by atoms with Crippen molar-refractivity contribution in [1.82, 2.24) is 10.2 Å². The van der Waals surface area contributed by atoms with Crippen LogP contribution in [0.2, 0.25) is 0 Å². The lowest BCUT2D eigenvalue weighted by Gasteiger charge is -2.53. The SMILES string of the molecule is O=C(CC1CCCO1)N1C2CNCC1C2. The zero-order chi connectivity index (χ0) is 10.3. The molecule has 84 valence electrons. The summed E-state index contributed by atoms with van der Waals surface area (Å²) < 4.78 is 5.50. The van der Waals surface area contributed by atoms with Gasteiger partial charge in [0.05, 0.1) is 12.5 Å². The molecule has 0 aliphatic carbocycles. The topological polar surface area (TPSA) is 41.6 Å². The quantitative estimate of drug-likeness (QED) is 0.704. The molecule has 15 heavy (non-hydrogen) atoms. The standard InChI is InChI=1S/C11H18N2O2/c14-11(5-10-2-1-3-15-10)13-8-4-9(13)7-12-6-8/h8-10,12H,1-7H2. The second-order valence-corrected chi connectivity index (χ2v) is 4.84. The predicted molar refractivity (Wildman–Crippen MR) is 55.5 cm³/mol. The molecular formula is C11H18N2O2. The van der Waals surface area contributed by atoms with Gasteiger partial charge in [0.2, 0.25) is 5.91 Å². The Balaban J connectivity index is 1.55. The maximum absolute atomic E-state index is 12.0. The number of ether oxygens (including phenoxy) is 1. The van der Waals surface area contributed by atoms with Crippen molar-refractivity contribution in [3.05, 3.63) is 0 Å². The first-order valence-corrected chi connectivity index (χ1v) is 5.98. The second kappa shape index (κ2) is 3.76. The molecule has 0 aromatic carbocycles. The molecule has 0 radical (unpaired) electrons. The van der Waals surface area contributed by atoms with E-state index >= 15 is 0 Å². The van der Waals surface area contributed by atoms with E-state index in [1.165, 1.54) is 6.42 Å². The average Bonchev–Trinajstić information content (AvgIpc) is 2.71. The monoisotopic (exact) mass is 210 g/mol. The van der Waals surface area contributed by atoms with Gasteiger partial charge in [-0.15, -0.1) is 0 Å². The van der Waals surface area contributed by atoms with Crippen molar-refractivity contribution < 1.29 is 9.53 Å². The first-order valence-electron chi connectivity index (χ1n) is 5.98. The highest BCUT2D eigenvalue weighted by molar-refractivity contribution is 5.78. The van der Waals surface area contributed by atoms with Gasteiger partial charge >= 0.3 is 0 Å². The smallest absolute Gasteiger partial charge is 0.225 e. The summed E-state index contributed by atoms with van der Waals surface area (Å²) in [5, 5.41) is 3.34. The van der Waals surface area contributed by atoms with Gasteiger partial charge in [-0.1, -0.05) is 0 Å². The van der Waals surface area contributed by atoms with Crippen LogP contribution in [0.5, 0.6) is 0 Å². The number of nitrogens with zero attached hydrogens (tertiary/aromatic N) is 1. The van der Waals surface area contributed by atoms with Gasteiger partial charge in [-0.05, 0) is 19.3 Å². The molecule has 2 bridgehead atoms. The van der Waals surface area contributed by atoms with E-state index in [-0.39, 0.29) is 6.10 Å². The Morgan fingerprint density at radius 3 is 2.80 bits per heavy atom. The maximum atomic E-state index is 12.0. The van der Waals surface area contributed by atoms with E-state index in [4.69, 9.17) is 4.74 Å². The van der Waals surface area contributed by atoms with Crippen LogP contribution in [0.3, 0.4) is 0 Å². The van der Waals surface area contributed by atoms with Gasteiger partial charge in [0.15, 0.2) is 0 Å². The van der Waals surface area contributed by atoms with Gasteiger partial charge in [0.25, 0.3) is 0 Å². The number of hydrogen-bond donors (Lipinski definition) is 1. The van der Waals surface area contributed by atoms with Crippen LogP contribution in [0.15, 0.2) is 0 Å². The van der Waals surface area contributed by atoms with Gasteiger partial charge in [0, 0.05) is 31.8 Å². The number of rotatable bonds is 2. The third-order valence-corrected chi connectivity index (χ3v) is 3.81. The molecule has 1 amide bonds. The number of carbonyl (C=O) groups excluding carboxylic acids is 1. The van der Waals surface area contributed by atoms with Gasteiger partial charge in [-0.3, -0.25) is 4.79 Å². The van der Waals surface area contributed by atoms with Crippen LogP contribution in [-0.4, -0.2) is 48.7 Å². The minimum atomic E-state index is 0.201. The highest BCUT2D eigenvalue weighted by Gasteiger charge is 2.44. The van der Waals surface area contributed by atoms with E-state index < -0.39 is 0 Å². The lowest BCUT2D eigenvalue weighted by molar-refractivity contribution is -0.149. The number of carbonyl (C=O) groups is 1. The maximum Gasteiger partial charge on any atom is 0.225 e. The minimum Gasteiger partial charge on any atom is -0.378 e. The van der Waals surface area contributed by atoms with Crippen LogP contribution in [0.25, 0.3) is 0 Å². The summed E-state index contributed by atoms with van der Waals surface area (Å²) in [4.78, 5) is 14.1. The second-order valence-electron chi connectivity index (χ2n) is 4.84. The molecule has 3 unspecified atom stereocenters. The van der Waals surface area contributed by atoms with E-state index in [1.54, 1.807) is 0 Å². The van der Waals surface area contributed by atoms with E-state index in [1.807, 2.05) is 0 Å². The normalized spacial score (nSPS) is 38.9. The molecule has 3 rings (SSSR count). The molecule has 3 fully saturated rings. The minimum absolute atomic E-state index is 0.201. The van der Waals surface area contributed by atoms with E-state index in [0.29, 0.717) is 24.4 Å². The number of piperazine rings is 1. The van der Waals surface area contributed by atoms with Crippen LogP contribution in [0.4, 0.5) is 0 Å². The highest BCUT2D eigenvalue weighted by atomic mass is 16.5. The molecule has 3 aliphatic heterocycles. The lowest BCUT2D eigenvalue weighted by atomic mass is 9.88. The molecule has 3 saturated heterocycles. The van der Waals surface area contributed by atoms with Crippen LogP contribution in [-0.2, 0) is 9.53 Å². The summed E-state index contributed by atoms with van der Waals surface area (Å²) in [6.45, 7) is 2.80. The molecule has 0 spiro atoms. The third-order valence-electron chi connectivity index (χ3n) is 3.81. The largest absolute Gasteiger partial charge is 0.378 e. The number of nitrogens with one attached hydrogen (secondary N) is 1. The Kier molecular flexibility index (Phi) is 2.41. The van der Waals surface area contributed by atoms with Crippen molar-refractivity contribution in [1.29, 1.82) is 0 Å². The van der Waals surface area contributed by atoms with Crippen molar-refractivity contribution in [3.63, 3.8) is 0 Å². The predicted octanol–water partition coefficient (Wildman–Crippen LogP) is 0.128. The fourth-order valence-corrected chi connectivity index (χ4v) is 2.99. The molecule has 0 aromatic heterocycles. The molecule has 3 heterocycles. The number of hydrogen-bond acceptors (Lipinski definition) is 3. The fourth-order valence-electron chi connectivity index (χ4n) is 2.99. The summed E-state index contributed by atoms with van der Waals surface area (Å²) in [6.07, 6.45) is 4.18. The molecule has 3 aliphatic rings. The van der Waals surface area contributed by atoms with Gasteiger partial charge in [0.1, 0.15) is 0 Å². The van der Waals surface area contributed by atoms with Gasteiger partial charge in [-0.2, -0.15) is 0 Å². The Labute approximate surface area is 90.0 Å². The Bertz CT molecular complexity index is 249. The van der Waals surface area contributed by atoms with Crippen molar-refractivity contribution in [2.45, 2.75) is 43.9 Å². The Hall–Kier alpha value is -0.610. The van der Waals surface area contributed by atoms with Crippen LogP contribution in [0, 0.1) is 0 Å². The van der Waals surface area contributed by atoms with Crippen molar-refractivity contribution in [2.24, 2.45) is 0 Å². The molecular weight excluding hydrogens is 192 g/mol. The fraction of sp³-hybridized carbons (Fsp3) is 0.909. The van der Waals surface area contributed by atoms with Gasteiger partial charge in [-0.25, -0.2) is 0 Å². The van der Waals surface area contributed by atoms with Gasteiger partial charge < -0.3 is 15.0 Å². The van der Waals surface area contributed by atoms with Crippen molar-refractivity contribution >= 4 is 5.91 Å². The van der Waals surface area contributed by atoms with Crippen molar-refractivity contribution in [3.8, 4) is 0 Å². The lowest BCUT2D eigenvalue weighted by Crippen LogP contribution is -2.69. The summed E-state index contributed by atoms with van der Waals surface area (Å²) >= 11 is 0. The number of amides is 1. The van der Waals surface area contributed by atoms with Crippen molar-refractivity contribution in [2.75, 3.05) is 19.7 Å². The Morgan fingerprint density at radius 2 is 2.20 bits per heavy atom. The van der Waals surface area contributed by atoms with Crippen LogP contribution >= 0.6 is 0 Å². The molecule has 0 aromatic rings. The van der Waals surface area contributed by atoms with E-state index in [0.717, 1.165) is 32.5 Å². The number of piperidine rings is 1. The van der Waals surface area contributed by atoms with Crippen LogP contribution in [0.1, 0.15) is 25.7 Å². The summed E-state index contributed by atoms with van der Waals surface area (Å²) in [5.74, 6) is 0.310.